The normalized spacial score (nSPS) is 9.59. The monoisotopic (exact) mass is 345 g/mol. The van der Waals surface area contributed by atoms with Crippen molar-refractivity contribution in [1.82, 2.24) is 4.98 Å². The molecule has 1 aromatic heterocycles. The van der Waals surface area contributed by atoms with E-state index in [1.54, 1.807) is 55.8 Å². The quantitative estimate of drug-likeness (QED) is 0.275. The molecule has 120 valence electrons. The summed E-state index contributed by atoms with van der Waals surface area (Å²) in [5.74, 6) is 0.207. The van der Waals surface area contributed by atoms with E-state index in [1.807, 2.05) is 0 Å². The number of rotatable bonds is 6. The first kappa shape index (κ1) is 18.4. The van der Waals surface area contributed by atoms with Gasteiger partial charge in [-0.3, -0.25) is 4.98 Å². The molecule has 1 heterocycles. The average Bonchev–Trinajstić information content (AvgIpc) is 2.55. The van der Waals surface area contributed by atoms with E-state index in [2.05, 4.69) is 54.9 Å². The zero-order chi connectivity index (χ0) is 16.2. The number of aromatic nitrogens is 1. The molecule has 0 amide bonds. The highest BCUT2D eigenvalue weighted by Crippen LogP contribution is 2.17. The van der Waals surface area contributed by atoms with Gasteiger partial charge in [0, 0.05) is 39.1 Å². The Balaban J connectivity index is 0.000000224. The van der Waals surface area contributed by atoms with E-state index in [4.69, 9.17) is 5.11 Å². The fraction of sp³-hybridized carbons (Fsp3) is 0.0833. The van der Waals surface area contributed by atoms with Crippen LogP contribution in [0.15, 0.2) is 48.8 Å². The Kier molecular flexibility index (Phi) is 9.14. The Labute approximate surface area is 138 Å². The van der Waals surface area contributed by atoms with Crippen LogP contribution in [0.5, 0.6) is 5.75 Å². The molecule has 0 atom stereocenters. The van der Waals surface area contributed by atoms with Gasteiger partial charge in [0.1, 0.15) is 5.75 Å². The van der Waals surface area contributed by atoms with E-state index in [1.165, 1.54) is 5.06 Å². The predicted molar refractivity (Wildman–Crippen MR) is 86.7 cm³/mol. The van der Waals surface area contributed by atoms with E-state index >= 15 is 0 Å². The van der Waals surface area contributed by atoms with E-state index in [0.717, 1.165) is 5.69 Å². The molecule has 0 fully saturated rings. The lowest BCUT2D eigenvalue weighted by Gasteiger charge is -2.14. The van der Waals surface area contributed by atoms with Gasteiger partial charge in [0.2, 0.25) is 0 Å². The smallest absolute Gasteiger partial charge is 0.115 e. The van der Waals surface area contributed by atoms with Gasteiger partial charge in [-0.1, -0.05) is 4.99 Å². The number of hydrogen-bond donors (Lipinski definition) is 4. The van der Waals surface area contributed by atoms with Crippen molar-refractivity contribution in [3.8, 4) is 5.75 Å². The summed E-state index contributed by atoms with van der Waals surface area (Å²) in [5.41, 5.74) is 3.89. The molecule has 0 aliphatic rings. The standard InChI is InChI=1S/C7H9NO3S.C5H6N2O2S/c1-8(10-11-12)6-2-4-7(9)5-3-6;10-9-8-7-5-2-1-3-6-4-5/h2-5,9,12H,1H3;1-4,7,10H. The maximum atomic E-state index is 8.96. The Morgan fingerprint density at radius 3 is 2.41 bits per heavy atom. The number of phenolic OH excluding ortho intramolecular Hbond substituents is 1. The highest BCUT2D eigenvalue weighted by Gasteiger charge is 2.00. The van der Waals surface area contributed by atoms with Crippen LogP contribution in [-0.2, 0) is 18.6 Å². The Bertz CT molecular complexity index is 518. The largest absolute Gasteiger partial charge is 0.508 e. The maximum Gasteiger partial charge on any atom is 0.115 e. The third kappa shape index (κ3) is 7.36. The lowest BCUT2D eigenvalue weighted by Crippen LogP contribution is -2.15. The molecular weight excluding hydrogens is 330 g/mol. The summed E-state index contributed by atoms with van der Waals surface area (Å²) < 4.78 is 8.15. The first-order chi connectivity index (χ1) is 10.7. The lowest BCUT2D eigenvalue weighted by atomic mass is 10.3. The lowest BCUT2D eigenvalue weighted by molar-refractivity contribution is -0.196. The van der Waals surface area contributed by atoms with Crippen molar-refractivity contribution in [2.24, 2.45) is 0 Å². The third-order valence-corrected chi connectivity index (χ3v) is 2.36. The maximum absolute atomic E-state index is 8.96. The summed E-state index contributed by atoms with van der Waals surface area (Å²) in [6.45, 7) is 0. The molecule has 0 aliphatic carbocycles. The van der Waals surface area contributed by atoms with Crippen LogP contribution in [0.3, 0.4) is 0 Å². The number of nitrogens with zero attached hydrogens (tertiary/aromatic N) is 2. The highest BCUT2D eigenvalue weighted by atomic mass is 32.1. The summed E-state index contributed by atoms with van der Waals surface area (Å²) in [7, 11) is 1.66. The van der Waals surface area contributed by atoms with Crippen molar-refractivity contribution in [3.05, 3.63) is 48.8 Å². The number of phenols is 1. The van der Waals surface area contributed by atoms with Crippen molar-refractivity contribution in [1.29, 1.82) is 0 Å². The molecule has 0 unspecified atom stereocenters. The molecule has 2 aromatic rings. The zero-order valence-electron chi connectivity index (χ0n) is 11.5. The van der Waals surface area contributed by atoms with Crippen LogP contribution in [0.4, 0.5) is 11.4 Å². The molecule has 22 heavy (non-hydrogen) atoms. The second-order valence-electron chi connectivity index (χ2n) is 3.66. The van der Waals surface area contributed by atoms with Gasteiger partial charge in [0.05, 0.1) is 17.6 Å². The number of anilines is 2. The number of nitrogens with one attached hydrogen (secondary N) is 1. The number of pyridine rings is 1. The van der Waals surface area contributed by atoms with Gasteiger partial charge in [-0.25, -0.2) is 10.5 Å². The fourth-order valence-corrected chi connectivity index (χ4v) is 1.38. The van der Waals surface area contributed by atoms with Gasteiger partial charge in [-0.2, -0.15) is 0 Å². The van der Waals surface area contributed by atoms with Crippen molar-refractivity contribution >= 4 is 37.2 Å². The number of thiol groups is 2. The molecule has 0 spiro atoms. The average molecular weight is 345 g/mol. The van der Waals surface area contributed by atoms with Crippen LogP contribution in [0, 0.1) is 0 Å². The van der Waals surface area contributed by atoms with Crippen LogP contribution in [-0.4, -0.2) is 17.1 Å². The Morgan fingerprint density at radius 2 is 1.86 bits per heavy atom. The van der Waals surface area contributed by atoms with Crippen molar-refractivity contribution in [3.63, 3.8) is 0 Å². The van der Waals surface area contributed by atoms with Gasteiger partial charge < -0.3 is 5.11 Å². The minimum absolute atomic E-state index is 0.207. The van der Waals surface area contributed by atoms with Crippen LogP contribution in [0.25, 0.3) is 0 Å². The first-order valence-corrected chi connectivity index (χ1v) is 6.54. The predicted octanol–water partition coefficient (Wildman–Crippen LogP) is 2.74. The van der Waals surface area contributed by atoms with Crippen LogP contribution in [0.2, 0.25) is 0 Å². The first-order valence-electron chi connectivity index (χ1n) is 5.81. The molecule has 2 rings (SSSR count). The van der Waals surface area contributed by atoms with Crippen LogP contribution < -0.4 is 10.5 Å². The van der Waals surface area contributed by atoms with Gasteiger partial charge >= 0.3 is 0 Å². The van der Waals surface area contributed by atoms with Crippen molar-refractivity contribution in [2.75, 3.05) is 17.6 Å². The number of hydrogen-bond acceptors (Lipinski definition) is 10. The Morgan fingerprint density at radius 1 is 1.14 bits per heavy atom. The van der Waals surface area contributed by atoms with E-state index in [-0.39, 0.29) is 5.75 Å². The molecular formula is C12H15N3O5S2. The zero-order valence-corrected chi connectivity index (χ0v) is 13.3. The topological polar surface area (TPSA) is 85.3 Å². The highest BCUT2D eigenvalue weighted by molar-refractivity contribution is 7.75. The number of aromatic hydroxyl groups is 1. The van der Waals surface area contributed by atoms with Crippen LogP contribution in [0.1, 0.15) is 0 Å². The van der Waals surface area contributed by atoms with Gasteiger partial charge in [-0.05, 0) is 36.4 Å². The minimum Gasteiger partial charge on any atom is -0.508 e. The summed E-state index contributed by atoms with van der Waals surface area (Å²) >= 11 is 6.76. The summed E-state index contributed by atoms with van der Waals surface area (Å²) in [6.07, 6.45) is 3.25. The minimum atomic E-state index is 0.207. The molecule has 0 saturated heterocycles. The fourth-order valence-electron chi connectivity index (χ4n) is 1.25. The second-order valence-corrected chi connectivity index (χ2v) is 3.96. The summed E-state index contributed by atoms with van der Waals surface area (Å²) in [5, 5.41) is 10.3. The summed E-state index contributed by atoms with van der Waals surface area (Å²) in [4.78, 5) is 12.7. The Hall–Kier alpha value is -1.69. The van der Waals surface area contributed by atoms with Gasteiger partial charge in [0.25, 0.3) is 0 Å². The molecule has 10 heteroatoms. The molecule has 8 nitrogen and oxygen atoms in total. The van der Waals surface area contributed by atoms with Crippen LogP contribution >= 0.6 is 25.8 Å². The molecule has 2 N–H and O–H groups in total. The number of hydroxylamine groups is 1. The summed E-state index contributed by atoms with van der Waals surface area (Å²) in [6, 6.07) is 10.0. The third-order valence-electron chi connectivity index (χ3n) is 2.22. The van der Waals surface area contributed by atoms with E-state index < -0.39 is 0 Å². The molecule has 1 aromatic carbocycles. The van der Waals surface area contributed by atoms with E-state index in [9.17, 15) is 0 Å². The molecule has 0 radical (unpaired) electrons. The SMILES string of the molecule is CN(OOS)c1ccc(O)cc1.SOONc1cccnc1. The van der Waals surface area contributed by atoms with Crippen molar-refractivity contribution < 1.29 is 23.8 Å². The molecule has 0 saturated carbocycles. The van der Waals surface area contributed by atoms with E-state index in [0.29, 0.717) is 5.69 Å². The molecule has 0 aliphatic heterocycles. The second kappa shape index (κ2) is 11.0. The van der Waals surface area contributed by atoms with Gasteiger partial charge in [-0.15, -0.1) is 13.7 Å². The van der Waals surface area contributed by atoms with Gasteiger partial charge in [0.15, 0.2) is 0 Å². The molecule has 0 bridgehead atoms. The van der Waals surface area contributed by atoms with Crippen molar-refractivity contribution in [2.45, 2.75) is 0 Å². The number of benzene rings is 1.